The van der Waals surface area contributed by atoms with Crippen molar-refractivity contribution in [2.24, 2.45) is 0 Å². The second-order valence-electron chi connectivity index (χ2n) is 7.36. The fraction of sp³-hybridized carbons (Fsp3) is 0.318. The zero-order chi connectivity index (χ0) is 19.0. The van der Waals surface area contributed by atoms with E-state index in [1.807, 2.05) is 18.2 Å². The molecule has 2 N–H and O–H groups in total. The number of aliphatic hydroxyl groups is 1. The lowest BCUT2D eigenvalue weighted by atomic mass is 9.60. The van der Waals surface area contributed by atoms with E-state index in [9.17, 15) is 4.79 Å². The summed E-state index contributed by atoms with van der Waals surface area (Å²) < 4.78 is 1.24. The zero-order valence-electron chi connectivity index (χ0n) is 15.3. The van der Waals surface area contributed by atoms with Gasteiger partial charge in [-0.1, -0.05) is 18.6 Å². The fourth-order valence-corrected chi connectivity index (χ4v) is 4.49. The third-order valence-corrected chi connectivity index (χ3v) is 6.55. The van der Waals surface area contributed by atoms with Crippen LogP contribution in [-0.2, 0) is 5.41 Å². The van der Waals surface area contributed by atoms with Crippen molar-refractivity contribution in [3.05, 3.63) is 68.9 Å². The van der Waals surface area contributed by atoms with Crippen LogP contribution < -0.4 is 0 Å². The molecule has 1 aliphatic carbocycles. The molecule has 0 unspecified atom stereocenters. The highest BCUT2D eigenvalue weighted by Crippen LogP contribution is 2.51. The summed E-state index contributed by atoms with van der Waals surface area (Å²) in [5, 5.41) is 10.2. The summed E-state index contributed by atoms with van der Waals surface area (Å²) in [5.74, 6) is -0.0602. The average Bonchev–Trinajstić information content (AvgIpc) is 3.05. The number of H-pyrrole nitrogens is 1. The summed E-state index contributed by atoms with van der Waals surface area (Å²) >= 11 is 2.34. The number of amides is 1. The SMILES string of the molecule is CN(CCO)C(=O)c1ccc2[nH]cc(C3(c4ccc(I)cc4)CCC3)c2c1. The molecule has 4 rings (SSSR count). The number of nitrogens with zero attached hydrogens (tertiary/aromatic N) is 1. The van der Waals surface area contributed by atoms with E-state index in [0.717, 1.165) is 23.7 Å². The van der Waals surface area contributed by atoms with Crippen LogP contribution in [-0.4, -0.2) is 41.1 Å². The Labute approximate surface area is 172 Å². The molecule has 0 bridgehead atoms. The minimum atomic E-state index is -0.0602. The Morgan fingerprint density at radius 2 is 1.96 bits per heavy atom. The lowest BCUT2D eigenvalue weighted by molar-refractivity contribution is 0.0767. The summed E-state index contributed by atoms with van der Waals surface area (Å²) in [5.41, 5.74) is 4.38. The minimum absolute atomic E-state index is 0.0290. The van der Waals surface area contributed by atoms with Gasteiger partial charge in [-0.15, -0.1) is 0 Å². The van der Waals surface area contributed by atoms with Crippen LogP contribution in [0.2, 0.25) is 0 Å². The highest BCUT2D eigenvalue weighted by atomic mass is 127. The Morgan fingerprint density at radius 3 is 2.59 bits per heavy atom. The van der Waals surface area contributed by atoms with Crippen LogP contribution in [0.4, 0.5) is 0 Å². The first kappa shape index (κ1) is 18.5. The van der Waals surface area contributed by atoms with Crippen LogP contribution in [0.3, 0.4) is 0 Å². The second-order valence-corrected chi connectivity index (χ2v) is 8.60. The van der Waals surface area contributed by atoms with E-state index in [4.69, 9.17) is 5.11 Å². The van der Waals surface area contributed by atoms with Gasteiger partial charge in [0.1, 0.15) is 0 Å². The third-order valence-electron chi connectivity index (χ3n) is 5.83. The number of hydrogen-bond donors (Lipinski definition) is 2. The summed E-state index contributed by atoms with van der Waals surface area (Å²) in [6.07, 6.45) is 5.59. The predicted molar refractivity (Wildman–Crippen MR) is 116 cm³/mol. The van der Waals surface area contributed by atoms with Gasteiger partial charge in [-0.05, 0) is 76.9 Å². The molecule has 3 aromatic rings. The van der Waals surface area contributed by atoms with E-state index in [1.54, 1.807) is 11.9 Å². The van der Waals surface area contributed by atoms with Crippen LogP contribution in [0.1, 0.15) is 40.7 Å². The van der Waals surface area contributed by atoms with E-state index in [1.165, 1.54) is 21.1 Å². The lowest BCUT2D eigenvalue weighted by Crippen LogP contribution is -2.35. The molecule has 1 aliphatic rings. The first-order valence-electron chi connectivity index (χ1n) is 9.29. The number of carbonyl (C=O) groups excluding carboxylic acids is 1. The highest BCUT2D eigenvalue weighted by molar-refractivity contribution is 14.1. The minimum Gasteiger partial charge on any atom is -0.395 e. The molecule has 0 spiro atoms. The van der Waals surface area contributed by atoms with Crippen LogP contribution in [0.5, 0.6) is 0 Å². The number of likely N-dealkylation sites (N-methyl/N-ethyl adjacent to an activating group) is 1. The van der Waals surface area contributed by atoms with Crippen molar-refractivity contribution < 1.29 is 9.90 Å². The highest BCUT2D eigenvalue weighted by Gasteiger charge is 2.41. The molecule has 0 atom stereocenters. The number of fused-ring (bicyclic) bond motifs is 1. The summed E-state index contributed by atoms with van der Waals surface area (Å²) in [4.78, 5) is 17.6. The number of aliphatic hydroxyl groups excluding tert-OH is 1. The van der Waals surface area contributed by atoms with Gasteiger partial charge in [-0.3, -0.25) is 4.79 Å². The molecule has 0 radical (unpaired) electrons. The normalized spacial score (nSPS) is 15.5. The van der Waals surface area contributed by atoms with Gasteiger partial charge in [0.15, 0.2) is 0 Å². The monoisotopic (exact) mass is 474 g/mol. The molecule has 1 saturated carbocycles. The Bertz CT molecular complexity index is 974. The molecule has 1 fully saturated rings. The molecule has 0 saturated heterocycles. The molecular weight excluding hydrogens is 451 g/mol. The quantitative estimate of drug-likeness (QED) is 0.542. The van der Waals surface area contributed by atoms with E-state index >= 15 is 0 Å². The van der Waals surface area contributed by atoms with E-state index < -0.39 is 0 Å². The van der Waals surface area contributed by atoms with Gasteiger partial charge in [0.2, 0.25) is 0 Å². The Balaban J connectivity index is 1.78. The Hall–Kier alpha value is -1.86. The standard InChI is InChI=1S/C22H23IN2O2/c1-25(11-12-26)21(27)15-3-8-20-18(13-15)19(14-24-20)22(9-2-10-22)16-4-6-17(23)7-5-16/h3-8,13-14,24,26H,2,9-12H2,1H3. The van der Waals surface area contributed by atoms with Gasteiger partial charge in [0.25, 0.3) is 5.91 Å². The van der Waals surface area contributed by atoms with E-state index in [-0.39, 0.29) is 17.9 Å². The maximum atomic E-state index is 12.7. The van der Waals surface area contributed by atoms with Crippen LogP contribution in [0, 0.1) is 3.57 Å². The fourth-order valence-electron chi connectivity index (χ4n) is 4.13. The predicted octanol–water partition coefficient (Wildman–Crippen LogP) is 4.31. The van der Waals surface area contributed by atoms with Gasteiger partial charge < -0.3 is 15.0 Å². The topological polar surface area (TPSA) is 56.3 Å². The largest absolute Gasteiger partial charge is 0.395 e. The smallest absolute Gasteiger partial charge is 0.253 e. The van der Waals surface area contributed by atoms with Crippen molar-refractivity contribution in [2.75, 3.05) is 20.2 Å². The first-order chi connectivity index (χ1) is 13.0. The lowest BCUT2D eigenvalue weighted by Gasteiger charge is -2.42. The van der Waals surface area contributed by atoms with Gasteiger partial charge in [-0.25, -0.2) is 0 Å². The number of halogens is 1. The number of rotatable bonds is 5. The van der Waals surface area contributed by atoms with Crippen molar-refractivity contribution in [1.29, 1.82) is 0 Å². The average molecular weight is 474 g/mol. The van der Waals surface area contributed by atoms with Gasteiger partial charge in [0.05, 0.1) is 6.61 Å². The number of carbonyl (C=O) groups is 1. The molecule has 140 valence electrons. The molecule has 4 nitrogen and oxygen atoms in total. The molecule has 5 heteroatoms. The summed E-state index contributed by atoms with van der Waals surface area (Å²) in [6, 6.07) is 14.7. The van der Waals surface area contributed by atoms with Crippen LogP contribution in [0.25, 0.3) is 10.9 Å². The van der Waals surface area contributed by atoms with Gasteiger partial charge in [-0.2, -0.15) is 0 Å². The van der Waals surface area contributed by atoms with Crippen LogP contribution >= 0.6 is 22.6 Å². The van der Waals surface area contributed by atoms with E-state index in [2.05, 4.69) is 58.0 Å². The van der Waals surface area contributed by atoms with Crippen LogP contribution in [0.15, 0.2) is 48.7 Å². The molecule has 1 heterocycles. The zero-order valence-corrected chi connectivity index (χ0v) is 17.5. The van der Waals surface area contributed by atoms with Crippen molar-refractivity contribution in [1.82, 2.24) is 9.88 Å². The van der Waals surface area contributed by atoms with Crippen molar-refractivity contribution in [3.8, 4) is 0 Å². The molecular formula is C22H23IN2O2. The Morgan fingerprint density at radius 1 is 1.22 bits per heavy atom. The molecule has 2 aromatic carbocycles. The molecule has 1 amide bonds. The van der Waals surface area contributed by atoms with Gasteiger partial charge >= 0.3 is 0 Å². The molecule has 0 aliphatic heterocycles. The van der Waals surface area contributed by atoms with Crippen molar-refractivity contribution in [2.45, 2.75) is 24.7 Å². The van der Waals surface area contributed by atoms with E-state index in [0.29, 0.717) is 12.1 Å². The third kappa shape index (κ3) is 3.17. The number of hydrogen-bond acceptors (Lipinski definition) is 2. The Kier molecular flexibility index (Phi) is 4.99. The number of benzene rings is 2. The number of aromatic amines is 1. The summed E-state index contributed by atoms with van der Waals surface area (Å²) in [7, 11) is 1.72. The second kappa shape index (κ2) is 7.28. The molecule has 1 aromatic heterocycles. The first-order valence-corrected chi connectivity index (χ1v) is 10.4. The van der Waals surface area contributed by atoms with Crippen molar-refractivity contribution in [3.63, 3.8) is 0 Å². The maximum absolute atomic E-state index is 12.7. The number of aromatic nitrogens is 1. The van der Waals surface area contributed by atoms with Gasteiger partial charge in [0, 0.05) is 45.2 Å². The number of nitrogens with one attached hydrogen (secondary N) is 1. The maximum Gasteiger partial charge on any atom is 0.253 e. The van der Waals surface area contributed by atoms with Crippen molar-refractivity contribution >= 4 is 39.4 Å². The summed E-state index contributed by atoms with van der Waals surface area (Å²) in [6.45, 7) is 0.305. The molecule has 27 heavy (non-hydrogen) atoms.